The van der Waals surface area contributed by atoms with Crippen LogP contribution >= 0.6 is 11.8 Å². The zero-order valence-electron chi connectivity index (χ0n) is 8.04. The molecule has 1 aromatic carbocycles. The summed E-state index contributed by atoms with van der Waals surface area (Å²) in [5.74, 6) is 0.923. The minimum absolute atomic E-state index is 0.304. The second-order valence-corrected chi connectivity index (χ2v) is 4.00. The molecule has 0 aliphatic heterocycles. The van der Waals surface area contributed by atoms with Crippen LogP contribution in [0, 0.1) is 6.92 Å². The number of hydrogen-bond acceptors (Lipinski definition) is 2. The lowest BCUT2D eigenvalue weighted by Crippen LogP contribution is -2.05. The van der Waals surface area contributed by atoms with Crippen molar-refractivity contribution in [2.45, 2.75) is 13.3 Å². The van der Waals surface area contributed by atoms with Crippen LogP contribution in [-0.4, -0.2) is 17.8 Å². The number of rotatable bonds is 4. The van der Waals surface area contributed by atoms with Crippen molar-refractivity contribution in [3.8, 4) is 0 Å². The van der Waals surface area contributed by atoms with Gasteiger partial charge in [-0.05, 0) is 18.7 Å². The fraction of sp³-hybridized carbons (Fsp3) is 0.364. The maximum atomic E-state index is 11.3. The molecule has 0 aliphatic rings. The first-order valence-corrected chi connectivity index (χ1v) is 5.68. The van der Waals surface area contributed by atoms with Gasteiger partial charge in [0.05, 0.1) is 5.75 Å². The SMILES string of the molecule is CSCC(=O)Cc1cccc(C)c1. The molecule has 70 valence electrons. The lowest BCUT2D eigenvalue weighted by Gasteiger charge is -2.00. The molecule has 0 atom stereocenters. The zero-order chi connectivity index (χ0) is 9.68. The van der Waals surface area contributed by atoms with Crippen LogP contribution in [0.1, 0.15) is 11.1 Å². The number of benzene rings is 1. The fourth-order valence-corrected chi connectivity index (χ4v) is 1.69. The Morgan fingerprint density at radius 1 is 1.46 bits per heavy atom. The monoisotopic (exact) mass is 194 g/mol. The number of hydrogen-bond donors (Lipinski definition) is 0. The maximum Gasteiger partial charge on any atom is 0.147 e. The molecular weight excluding hydrogens is 180 g/mol. The van der Waals surface area contributed by atoms with Gasteiger partial charge in [-0.15, -0.1) is 0 Å². The number of ketones is 1. The molecule has 0 unspecified atom stereocenters. The van der Waals surface area contributed by atoms with Gasteiger partial charge in [-0.3, -0.25) is 4.79 Å². The standard InChI is InChI=1S/C11H14OS/c1-9-4-3-5-10(6-9)7-11(12)8-13-2/h3-6H,7-8H2,1-2H3. The lowest BCUT2D eigenvalue weighted by atomic mass is 10.1. The summed E-state index contributed by atoms with van der Waals surface area (Å²) < 4.78 is 0. The first kappa shape index (κ1) is 10.3. The van der Waals surface area contributed by atoms with Crippen LogP contribution in [0.25, 0.3) is 0 Å². The van der Waals surface area contributed by atoms with Gasteiger partial charge in [0.25, 0.3) is 0 Å². The molecule has 0 radical (unpaired) electrons. The summed E-state index contributed by atoms with van der Waals surface area (Å²) in [6.07, 6.45) is 2.52. The average Bonchev–Trinajstić information content (AvgIpc) is 2.04. The second kappa shape index (κ2) is 5.07. The molecule has 0 aliphatic carbocycles. The quantitative estimate of drug-likeness (QED) is 0.732. The number of thioether (sulfide) groups is 1. The molecule has 0 saturated carbocycles. The highest BCUT2D eigenvalue weighted by Gasteiger charge is 2.01. The molecule has 0 saturated heterocycles. The fourth-order valence-electron chi connectivity index (χ4n) is 1.26. The van der Waals surface area contributed by atoms with Gasteiger partial charge in [-0.1, -0.05) is 29.8 Å². The summed E-state index contributed by atoms with van der Waals surface area (Å²) in [5, 5.41) is 0. The summed E-state index contributed by atoms with van der Waals surface area (Å²) in [6.45, 7) is 2.04. The highest BCUT2D eigenvalue weighted by molar-refractivity contribution is 7.99. The predicted molar refractivity (Wildman–Crippen MR) is 58.3 cm³/mol. The van der Waals surface area contributed by atoms with Gasteiger partial charge in [-0.2, -0.15) is 11.8 Å². The Morgan fingerprint density at radius 2 is 2.23 bits per heavy atom. The van der Waals surface area contributed by atoms with E-state index in [0.717, 1.165) is 5.56 Å². The second-order valence-electron chi connectivity index (χ2n) is 3.14. The van der Waals surface area contributed by atoms with E-state index in [9.17, 15) is 4.79 Å². The molecule has 0 fully saturated rings. The van der Waals surface area contributed by atoms with Gasteiger partial charge >= 0.3 is 0 Å². The van der Waals surface area contributed by atoms with E-state index in [0.29, 0.717) is 18.0 Å². The van der Waals surface area contributed by atoms with Crippen molar-refractivity contribution < 1.29 is 4.79 Å². The van der Waals surface area contributed by atoms with E-state index < -0.39 is 0 Å². The predicted octanol–water partition coefficient (Wildman–Crippen LogP) is 2.47. The Hall–Kier alpha value is -0.760. The van der Waals surface area contributed by atoms with Gasteiger partial charge in [0, 0.05) is 6.42 Å². The molecule has 1 rings (SSSR count). The van der Waals surface area contributed by atoms with Crippen LogP contribution in [0.5, 0.6) is 0 Å². The number of carbonyl (C=O) groups excluding carboxylic acids is 1. The topological polar surface area (TPSA) is 17.1 Å². The summed E-state index contributed by atoms with van der Waals surface area (Å²) in [5.41, 5.74) is 2.34. The van der Waals surface area contributed by atoms with Crippen LogP contribution < -0.4 is 0 Å². The number of Topliss-reactive ketones (excluding diaryl/α,β-unsaturated/α-hetero) is 1. The van der Waals surface area contributed by atoms with Crippen LogP contribution in [0.2, 0.25) is 0 Å². The zero-order valence-corrected chi connectivity index (χ0v) is 8.86. The van der Waals surface area contributed by atoms with E-state index in [1.807, 2.05) is 31.4 Å². The van der Waals surface area contributed by atoms with Gasteiger partial charge < -0.3 is 0 Å². The Kier molecular flexibility index (Phi) is 4.03. The number of aryl methyl sites for hydroxylation is 1. The van der Waals surface area contributed by atoms with Gasteiger partial charge in [0.1, 0.15) is 5.78 Å². The first-order valence-electron chi connectivity index (χ1n) is 4.28. The van der Waals surface area contributed by atoms with E-state index in [4.69, 9.17) is 0 Å². The number of carbonyl (C=O) groups is 1. The van der Waals surface area contributed by atoms with E-state index in [1.54, 1.807) is 11.8 Å². The maximum absolute atomic E-state index is 11.3. The largest absolute Gasteiger partial charge is 0.298 e. The Balaban J connectivity index is 2.58. The molecule has 2 heteroatoms. The molecular formula is C11H14OS. The van der Waals surface area contributed by atoms with Crippen molar-refractivity contribution in [3.63, 3.8) is 0 Å². The molecule has 1 nitrogen and oxygen atoms in total. The van der Waals surface area contributed by atoms with E-state index in [1.165, 1.54) is 5.56 Å². The smallest absolute Gasteiger partial charge is 0.147 e. The molecule has 13 heavy (non-hydrogen) atoms. The van der Waals surface area contributed by atoms with E-state index >= 15 is 0 Å². The highest BCUT2D eigenvalue weighted by Crippen LogP contribution is 2.06. The van der Waals surface area contributed by atoms with Crippen LogP contribution in [0.4, 0.5) is 0 Å². The Labute approximate surface area is 83.5 Å². The summed E-state index contributed by atoms with van der Waals surface area (Å²) >= 11 is 1.58. The van der Waals surface area contributed by atoms with Crippen molar-refractivity contribution in [2.75, 3.05) is 12.0 Å². The molecule has 1 aromatic rings. The summed E-state index contributed by atoms with van der Waals surface area (Å²) in [7, 11) is 0. The normalized spacial score (nSPS) is 10.0. The van der Waals surface area contributed by atoms with Crippen LogP contribution in [-0.2, 0) is 11.2 Å². The molecule has 0 amide bonds. The molecule has 0 aromatic heterocycles. The van der Waals surface area contributed by atoms with Crippen molar-refractivity contribution in [1.82, 2.24) is 0 Å². The minimum Gasteiger partial charge on any atom is -0.298 e. The molecule has 0 N–H and O–H groups in total. The van der Waals surface area contributed by atoms with Gasteiger partial charge in [0.15, 0.2) is 0 Å². The van der Waals surface area contributed by atoms with E-state index in [2.05, 4.69) is 6.07 Å². The van der Waals surface area contributed by atoms with E-state index in [-0.39, 0.29) is 0 Å². The third-order valence-electron chi connectivity index (χ3n) is 1.79. The first-order chi connectivity index (χ1) is 6.22. The molecule has 0 spiro atoms. The van der Waals surface area contributed by atoms with Crippen LogP contribution in [0.15, 0.2) is 24.3 Å². The van der Waals surface area contributed by atoms with Crippen molar-refractivity contribution in [1.29, 1.82) is 0 Å². The van der Waals surface area contributed by atoms with Gasteiger partial charge in [0.2, 0.25) is 0 Å². The Bertz CT molecular complexity index is 294. The molecule has 0 heterocycles. The third kappa shape index (κ3) is 3.64. The van der Waals surface area contributed by atoms with Crippen molar-refractivity contribution >= 4 is 17.5 Å². The average molecular weight is 194 g/mol. The molecule has 0 bridgehead atoms. The summed E-state index contributed by atoms with van der Waals surface area (Å²) in [4.78, 5) is 11.3. The summed E-state index contributed by atoms with van der Waals surface area (Å²) in [6, 6.07) is 8.11. The van der Waals surface area contributed by atoms with Gasteiger partial charge in [-0.25, -0.2) is 0 Å². The van der Waals surface area contributed by atoms with Crippen molar-refractivity contribution in [2.24, 2.45) is 0 Å². The minimum atomic E-state index is 0.304. The van der Waals surface area contributed by atoms with Crippen molar-refractivity contribution in [3.05, 3.63) is 35.4 Å². The highest BCUT2D eigenvalue weighted by atomic mass is 32.2. The Morgan fingerprint density at radius 3 is 2.85 bits per heavy atom. The third-order valence-corrected chi connectivity index (χ3v) is 2.40. The van der Waals surface area contributed by atoms with Crippen LogP contribution in [0.3, 0.4) is 0 Å². The lowest BCUT2D eigenvalue weighted by molar-refractivity contribution is -0.115.